The van der Waals surface area contributed by atoms with E-state index in [0.29, 0.717) is 17.7 Å². The molecule has 1 amide bonds. The molecule has 3 aliphatic rings. The SMILES string of the molecule is C.C.C.[2H]OC[C@H]1O[C@@H](n2cc(/C=C/C(=O)NCC)[c-]nc2=O)[CH-]C1C.[2H]OC[C@H]1O[C@@H](n2cc(/C=C/C(C)=O)[c-]nc2=O)[CH-]C1C.[2H]OC[C@H]1O[C@@H](n2cc(/C=C/CC)[c-]nc2=O)[CH-]C1C.[3H]C.[3H]C.[3H]C.[W].[W].[W].[Y].[Y].[Y]. The van der Waals surface area contributed by atoms with E-state index >= 15 is 0 Å². The van der Waals surface area contributed by atoms with Gasteiger partial charge in [0.25, 0.3) is 17.1 Å². The van der Waals surface area contributed by atoms with Crippen molar-refractivity contribution in [3.8, 4) is 0 Å². The molecule has 18 nitrogen and oxygen atoms in total. The molecule has 73 heavy (non-hydrogen) atoms. The molecule has 3 aliphatic heterocycles. The zero-order valence-corrected chi connectivity index (χ0v) is 58.1. The average molecular weight is 1770 g/mol. The first-order chi connectivity index (χ1) is 33.7. The second-order valence-electron chi connectivity index (χ2n) is 14.3. The van der Waals surface area contributed by atoms with E-state index in [4.69, 9.17) is 22.6 Å². The van der Waals surface area contributed by atoms with Gasteiger partial charge in [0, 0.05) is 172 Å². The molecular formula is C49H77N7O11W3Y3-6. The van der Waals surface area contributed by atoms with Gasteiger partial charge in [-0.15, -0.1) is 58.7 Å². The van der Waals surface area contributed by atoms with Gasteiger partial charge in [0.05, 0.1) is 38.1 Å². The molecule has 3 unspecified atom stereocenters. The van der Waals surface area contributed by atoms with Crippen LogP contribution in [0.1, 0.15) is 132 Å². The van der Waals surface area contributed by atoms with Crippen LogP contribution in [-0.2, 0) is 185 Å². The molecule has 6 heterocycles. The van der Waals surface area contributed by atoms with Gasteiger partial charge < -0.3 is 77.9 Å². The molecule has 0 bridgehead atoms. The summed E-state index contributed by atoms with van der Waals surface area (Å²) in [6, 6.07) is 0. The van der Waals surface area contributed by atoms with Crippen LogP contribution in [0.3, 0.4) is 0 Å². The Hall–Kier alpha value is 0.137. The van der Waals surface area contributed by atoms with Crippen molar-refractivity contribution in [2.24, 2.45) is 17.8 Å². The summed E-state index contributed by atoms with van der Waals surface area (Å²) >= 11 is 0. The van der Waals surface area contributed by atoms with E-state index in [2.05, 4.69) is 54.2 Å². The summed E-state index contributed by atoms with van der Waals surface area (Å²) in [5.41, 5.74) is 0.336. The molecule has 407 valence electrons. The van der Waals surface area contributed by atoms with Gasteiger partial charge in [0.15, 0.2) is 0 Å². The normalized spacial score (nSPS) is 22.6. The number of carbonyl (C=O) groups is 2. The summed E-state index contributed by atoms with van der Waals surface area (Å²) in [7, 11) is 3.75. The van der Waals surface area contributed by atoms with E-state index in [0.717, 1.165) is 12.0 Å². The second-order valence-corrected chi connectivity index (χ2v) is 14.3. The molecule has 0 spiro atoms. The maximum atomic E-state index is 11.9. The Kier molecular flexibility index (Phi) is 51.0. The Morgan fingerprint density at radius 2 is 0.973 bits per heavy atom. The fourth-order valence-electron chi connectivity index (χ4n) is 6.09. The molecule has 3 aromatic rings. The summed E-state index contributed by atoms with van der Waals surface area (Å²) < 4.78 is 58.8. The van der Waals surface area contributed by atoms with Crippen molar-refractivity contribution in [2.45, 2.75) is 129 Å². The Balaban J connectivity index is -0.000000120. The van der Waals surface area contributed by atoms with Crippen LogP contribution in [0.15, 0.2) is 51.2 Å². The molecule has 4 N–H and O–H groups in total. The Bertz CT molecular complexity index is 2300. The number of aliphatic hydroxyl groups is 3. The standard InChI is InChI=1S/C15H19N3O4.C14H16N2O4.C14H18N2O3.6CH4.3W.3Y/c1-3-16-13(20)5-4-11-7-17-15(21)18(8-11)14-6-10(2)12(9-19)22-14;1-9-5-13(20-12(9)8-17)16-7-11(4-3-10(2)18)6-15-14(16)19;1-3-4-5-11-7-15-14(18)16(8-11)13-6-10(2)12(9-17)19-13;;;;;;;;;;;;/h4-6,8,10,12,14,19H,3,9H2,1-2H3,(H,16,20);3-5,7,9,12-13,17H,8H2,1-2H3;4-6,8,10,12-13,17H,3,9H2,1-2H3;6*1H4;;;;;;/q3*-2;;;;;;;;;;;;/b5-4+;4-3+;5-4+;;;;;;;;;;;;/t10?,12-,14-;9?,12-,13-;10?,12-,13-;;;;;;;;;;;;/m111............/s1/i19D;2*17D;3*1T;;;;;;;;;. The third-order valence-electron chi connectivity index (χ3n) is 9.56. The van der Waals surface area contributed by atoms with E-state index in [-0.39, 0.29) is 251 Å². The van der Waals surface area contributed by atoms with Crippen molar-refractivity contribution in [3.05, 3.63) is 123 Å². The van der Waals surface area contributed by atoms with Crippen molar-refractivity contribution in [2.75, 3.05) is 26.4 Å². The first-order valence-corrected chi connectivity index (χ1v) is 19.8. The Morgan fingerprint density at radius 3 is 1.26 bits per heavy atom. The first-order valence-electron chi connectivity index (χ1n) is 24.0. The van der Waals surface area contributed by atoms with Crippen molar-refractivity contribution in [3.63, 3.8) is 0 Å². The zero-order chi connectivity index (χ0) is 52.8. The number of nitrogens with zero attached hydrogens (tertiary/aromatic N) is 6. The van der Waals surface area contributed by atoms with Crippen molar-refractivity contribution < 1.29 is 205 Å². The number of aliphatic hydroxyl groups excluding tert-OH is 3. The number of ether oxygens (including phenoxy) is 3. The van der Waals surface area contributed by atoms with Gasteiger partial charge in [-0.05, 0) is 63.6 Å². The topological polar surface area (TPSA) is 239 Å². The number of carbonyl (C=O) groups excluding carboxylic acids is 2. The maximum absolute atomic E-state index is 11.9. The summed E-state index contributed by atoms with van der Waals surface area (Å²) in [6.07, 6.45) is 26.3. The van der Waals surface area contributed by atoms with Crippen LogP contribution in [0, 0.1) is 55.6 Å². The van der Waals surface area contributed by atoms with Gasteiger partial charge in [0.1, 0.15) is 5.78 Å². The van der Waals surface area contributed by atoms with E-state index < -0.39 is 35.8 Å². The summed E-state index contributed by atoms with van der Waals surface area (Å²) in [4.78, 5) is 69.0. The van der Waals surface area contributed by atoms with Gasteiger partial charge in [-0.25, -0.2) is 0 Å². The average Bonchev–Trinajstić information content (AvgIpc) is 4.05. The second kappa shape index (κ2) is 48.1. The maximum Gasteiger partial charge on any atom is 0.260 e. The van der Waals surface area contributed by atoms with Crippen molar-refractivity contribution in [1.29, 1.82) is 4.29 Å². The summed E-state index contributed by atoms with van der Waals surface area (Å²) in [5, 5.41) is 15.7. The molecule has 9 atom stereocenters. The number of hydrogen-bond acceptors (Lipinski definition) is 14. The number of amides is 1. The molecule has 0 saturated carbocycles. The molecule has 0 aromatic carbocycles. The van der Waals surface area contributed by atoms with Gasteiger partial charge in [0.2, 0.25) is 10.2 Å². The third-order valence-corrected chi connectivity index (χ3v) is 9.56. The monoisotopic (exact) mass is 1770 g/mol. The zero-order valence-electron chi connectivity index (χ0n) is 46.8. The Labute approximate surface area is 562 Å². The quantitative estimate of drug-likeness (QED) is 0.105. The van der Waals surface area contributed by atoms with Crippen LogP contribution in [0.25, 0.3) is 18.2 Å². The molecule has 24 heteroatoms. The number of ketones is 1. The molecule has 3 fully saturated rings. The molecular weight excluding hydrogens is 1680 g/mol. The van der Waals surface area contributed by atoms with Gasteiger partial charge in [-0.2, -0.15) is 0 Å². The van der Waals surface area contributed by atoms with Crippen molar-refractivity contribution >= 4 is 29.9 Å². The number of hydrogen-bond donors (Lipinski definition) is 4. The summed E-state index contributed by atoms with van der Waals surface area (Å²) in [6.45, 7) is 12.1. The van der Waals surface area contributed by atoms with Crippen LogP contribution in [0.4, 0.5) is 0 Å². The van der Waals surface area contributed by atoms with Crippen molar-refractivity contribution in [1.82, 2.24) is 34.0 Å². The third kappa shape index (κ3) is 29.3. The molecule has 3 saturated heterocycles. The van der Waals surface area contributed by atoms with Crippen LogP contribution in [0.2, 0.25) is 0 Å². The number of aromatic nitrogens is 6. The molecule has 3 radical (unpaired) electrons. The molecule has 0 aliphatic carbocycles. The fourth-order valence-corrected chi connectivity index (χ4v) is 6.09. The largest absolute Gasteiger partial charge is 0.394 e. The van der Waals surface area contributed by atoms with Crippen LogP contribution >= 0.6 is 0 Å². The number of likely N-dealkylation sites (N-methyl/N-ethyl adjacent to an activating group) is 1. The predicted octanol–water partition coefficient (Wildman–Crippen LogP) is 5.30. The first kappa shape index (κ1) is 77.4. The van der Waals surface area contributed by atoms with Gasteiger partial charge in [-0.1, -0.05) is 96.8 Å². The molecule has 6 rings (SSSR count). The van der Waals surface area contributed by atoms with Crippen LogP contribution < -0.4 is 22.4 Å². The predicted molar refractivity (Wildman–Crippen MR) is 263 cm³/mol. The minimum absolute atomic E-state index is 0. The van der Waals surface area contributed by atoms with E-state index in [9.17, 15) is 24.0 Å². The minimum atomic E-state index is -0.587. The van der Waals surface area contributed by atoms with Crippen LogP contribution in [0.5, 0.6) is 0 Å². The van der Waals surface area contributed by atoms with Crippen LogP contribution in [-0.4, -0.2) is 105 Å². The summed E-state index contributed by atoms with van der Waals surface area (Å²) in [5.74, 6) is -0.144. The minimum Gasteiger partial charge on any atom is -0.394 e. The number of nitrogens with one attached hydrogen (secondary N) is 1. The van der Waals surface area contributed by atoms with E-state index in [1.807, 2.05) is 66.0 Å². The van der Waals surface area contributed by atoms with E-state index in [1.165, 1.54) is 79.5 Å². The number of rotatable bonds is 16. The van der Waals surface area contributed by atoms with E-state index in [1.54, 1.807) is 6.20 Å². The number of allylic oxidation sites excluding steroid dienone is 2. The fraction of sp³-hybridized carbons (Fsp3) is 0.531. The molecule has 3 aromatic heterocycles. The van der Waals surface area contributed by atoms with Gasteiger partial charge >= 0.3 is 0 Å². The Morgan fingerprint density at radius 1 is 0.658 bits per heavy atom. The smallest absolute Gasteiger partial charge is 0.260 e. The van der Waals surface area contributed by atoms with Gasteiger partial charge in [-0.3, -0.25) is 28.9 Å².